The zero-order valence-electron chi connectivity index (χ0n) is 29.9. The van der Waals surface area contributed by atoms with Crippen LogP contribution in [0.1, 0.15) is 96.1 Å². The minimum atomic E-state index is -4.07. The highest BCUT2D eigenvalue weighted by Gasteiger charge is 2.63. The molecule has 0 N–H and O–H groups in total. The van der Waals surface area contributed by atoms with E-state index in [2.05, 4.69) is 20.8 Å². The number of esters is 1. The first-order valence-electron chi connectivity index (χ1n) is 18.1. The summed E-state index contributed by atoms with van der Waals surface area (Å²) in [6.07, 6.45) is 6.81. The molecule has 6 rings (SSSR count). The number of rotatable bonds is 10. The minimum absolute atomic E-state index is 0.0999. The van der Waals surface area contributed by atoms with Crippen LogP contribution in [0.2, 0.25) is 0 Å². The fourth-order valence-electron chi connectivity index (χ4n) is 10.9. The number of aryl methyl sites for hydroxylation is 2. The predicted molar refractivity (Wildman–Crippen MR) is 187 cm³/mol. The van der Waals surface area contributed by atoms with Gasteiger partial charge in [0.15, 0.2) is 0 Å². The average Bonchev–Trinajstić information content (AvgIpc) is 3.41. The van der Waals surface area contributed by atoms with Crippen molar-refractivity contribution in [1.82, 2.24) is 0 Å². The molecule has 0 radical (unpaired) electrons. The van der Waals surface area contributed by atoms with Crippen LogP contribution in [0.4, 0.5) is 0 Å². The molecule has 49 heavy (non-hydrogen) atoms. The number of carbonyl (C=O) groups excluding carboxylic acids is 1. The van der Waals surface area contributed by atoms with Gasteiger partial charge in [-0.15, -0.1) is 0 Å². The van der Waals surface area contributed by atoms with Crippen LogP contribution in [-0.2, 0) is 38.1 Å². The smallest absolute Gasteiger partial charge is 0.305 e. The number of benzene rings is 2. The predicted octanol–water partition coefficient (Wildman–Crippen LogP) is 8.01. The van der Waals surface area contributed by atoms with E-state index in [0.29, 0.717) is 55.3 Å². The molecule has 0 amide bonds. The van der Waals surface area contributed by atoms with Crippen LogP contribution < -0.4 is 0 Å². The fourth-order valence-corrected chi connectivity index (χ4v) is 13.1. The molecule has 2 aromatic rings. The van der Waals surface area contributed by atoms with Gasteiger partial charge in [-0.2, -0.15) is 16.8 Å². The summed E-state index contributed by atoms with van der Waals surface area (Å²) in [6, 6.07) is 13.4. The lowest BCUT2D eigenvalue weighted by atomic mass is 9.43. The number of methoxy groups -OCH3 is 1. The first kappa shape index (κ1) is 36.5. The molecule has 0 saturated heterocycles. The van der Waals surface area contributed by atoms with Crippen LogP contribution in [-0.4, -0.2) is 42.1 Å². The number of fused-ring (bicyclic) bond motifs is 5. The van der Waals surface area contributed by atoms with Crippen molar-refractivity contribution in [3.05, 3.63) is 59.7 Å². The second-order valence-corrected chi connectivity index (χ2v) is 19.4. The van der Waals surface area contributed by atoms with E-state index in [9.17, 15) is 21.6 Å². The van der Waals surface area contributed by atoms with Crippen LogP contribution in [0.15, 0.2) is 58.3 Å². The summed E-state index contributed by atoms with van der Waals surface area (Å²) >= 11 is 0. The molecular formula is C39H54O8S2. The molecule has 4 fully saturated rings. The Balaban J connectivity index is 1.29. The van der Waals surface area contributed by atoms with Crippen molar-refractivity contribution < 1.29 is 34.7 Å². The molecule has 10 atom stereocenters. The Hall–Kier alpha value is -2.27. The van der Waals surface area contributed by atoms with E-state index >= 15 is 0 Å². The summed E-state index contributed by atoms with van der Waals surface area (Å²) in [7, 11) is -6.62. The molecule has 4 aliphatic carbocycles. The quantitative estimate of drug-likeness (QED) is 0.180. The van der Waals surface area contributed by atoms with Gasteiger partial charge < -0.3 is 4.74 Å². The lowest BCUT2D eigenvalue weighted by molar-refractivity contribution is -0.163. The molecular weight excluding hydrogens is 661 g/mol. The maximum absolute atomic E-state index is 13.9. The van der Waals surface area contributed by atoms with Crippen molar-refractivity contribution >= 4 is 26.2 Å². The first-order chi connectivity index (χ1) is 23.1. The number of ether oxygens (including phenoxy) is 1. The van der Waals surface area contributed by atoms with Crippen LogP contribution in [0.3, 0.4) is 0 Å². The molecule has 3 unspecified atom stereocenters. The van der Waals surface area contributed by atoms with Gasteiger partial charge in [-0.25, -0.2) is 0 Å². The Morgan fingerprint density at radius 1 is 0.755 bits per heavy atom. The zero-order valence-corrected chi connectivity index (χ0v) is 31.5. The number of carbonyl (C=O) groups is 1. The van der Waals surface area contributed by atoms with E-state index in [1.165, 1.54) is 7.11 Å². The summed E-state index contributed by atoms with van der Waals surface area (Å²) in [4.78, 5) is 12.2. The van der Waals surface area contributed by atoms with E-state index in [-0.39, 0.29) is 32.5 Å². The maximum Gasteiger partial charge on any atom is 0.305 e. The summed E-state index contributed by atoms with van der Waals surface area (Å²) in [5.74, 6) is 1.64. The van der Waals surface area contributed by atoms with Crippen molar-refractivity contribution in [1.29, 1.82) is 0 Å². The van der Waals surface area contributed by atoms with Gasteiger partial charge in [0.1, 0.15) is 0 Å². The molecule has 0 heterocycles. The molecule has 8 nitrogen and oxygen atoms in total. The topological polar surface area (TPSA) is 113 Å². The second kappa shape index (κ2) is 13.7. The normalized spacial score (nSPS) is 35.1. The van der Waals surface area contributed by atoms with Gasteiger partial charge in [0, 0.05) is 6.42 Å². The molecule has 0 aromatic heterocycles. The molecule has 4 saturated carbocycles. The fraction of sp³-hybridized carbons (Fsp3) is 0.667. The van der Waals surface area contributed by atoms with Gasteiger partial charge in [0.05, 0.1) is 29.1 Å². The van der Waals surface area contributed by atoms with E-state index in [1.807, 2.05) is 13.8 Å². The average molecular weight is 715 g/mol. The third-order valence-electron chi connectivity index (χ3n) is 13.5. The molecule has 0 spiro atoms. The number of hydrogen-bond donors (Lipinski definition) is 0. The Bertz CT molecular complexity index is 1720. The lowest BCUT2D eigenvalue weighted by Gasteiger charge is -2.62. The molecule has 0 aliphatic heterocycles. The van der Waals surface area contributed by atoms with Gasteiger partial charge >= 0.3 is 5.97 Å². The number of hydrogen-bond acceptors (Lipinski definition) is 8. The summed E-state index contributed by atoms with van der Waals surface area (Å²) in [5, 5.41) is 0. The summed E-state index contributed by atoms with van der Waals surface area (Å²) < 4.78 is 71.7. The van der Waals surface area contributed by atoms with Crippen LogP contribution in [0.5, 0.6) is 0 Å². The third-order valence-corrected chi connectivity index (χ3v) is 16.3. The van der Waals surface area contributed by atoms with Gasteiger partial charge in [0.2, 0.25) is 0 Å². The standard InChI is InChI=1S/C39H54O8S2/c1-25-7-12-29(13-8-25)48(41,42)46-28-19-21-39(5)34-20-22-38(4)32(27(3)11-18-37(40)45-6)16-17-33(38)31(34)24-36(35(39)23-28)47-49(43,44)30-14-9-26(2)10-15-30/h7-10,12-15,27-28,31-36H,11,16-24H2,1-6H3/t27-,28-,31?,32-,33?,34?,35+,36+,38-,39-/m1/s1. The van der Waals surface area contributed by atoms with Crippen LogP contribution >= 0.6 is 0 Å². The molecule has 10 heteroatoms. The summed E-state index contributed by atoms with van der Waals surface area (Å²) in [5.41, 5.74) is 1.81. The Morgan fingerprint density at radius 2 is 1.31 bits per heavy atom. The SMILES string of the molecule is COC(=O)CC[C@@H](C)[C@H]1CCC2C3C[C@H](OS(=O)(=O)c4ccc(C)cc4)[C@@H]4C[C@H](OS(=O)(=O)c5ccc(C)cc5)CC[C@]4(C)C3CC[C@@]21C. The monoisotopic (exact) mass is 714 g/mol. The Morgan fingerprint density at radius 3 is 1.90 bits per heavy atom. The second-order valence-electron chi connectivity index (χ2n) is 16.2. The Kier molecular flexibility index (Phi) is 10.2. The molecule has 2 aromatic carbocycles. The maximum atomic E-state index is 13.9. The third kappa shape index (κ3) is 7.01. The van der Waals surface area contributed by atoms with Crippen molar-refractivity contribution in [3.8, 4) is 0 Å². The zero-order chi connectivity index (χ0) is 35.4. The first-order valence-corrected chi connectivity index (χ1v) is 21.0. The van der Waals surface area contributed by atoms with E-state index in [1.54, 1.807) is 48.5 Å². The van der Waals surface area contributed by atoms with Crippen LogP contribution in [0, 0.1) is 60.2 Å². The van der Waals surface area contributed by atoms with E-state index in [4.69, 9.17) is 13.1 Å². The highest BCUT2D eigenvalue weighted by Crippen LogP contribution is 2.69. The highest BCUT2D eigenvalue weighted by molar-refractivity contribution is 7.87. The Labute approximate surface area is 293 Å². The molecule has 0 bridgehead atoms. The van der Waals surface area contributed by atoms with Crippen molar-refractivity contribution in [2.75, 3.05) is 7.11 Å². The van der Waals surface area contributed by atoms with Gasteiger partial charge in [-0.3, -0.25) is 13.2 Å². The van der Waals surface area contributed by atoms with E-state index < -0.39 is 32.4 Å². The van der Waals surface area contributed by atoms with Gasteiger partial charge in [-0.05, 0) is 142 Å². The van der Waals surface area contributed by atoms with E-state index in [0.717, 1.165) is 49.7 Å². The molecule has 270 valence electrons. The van der Waals surface area contributed by atoms with Crippen molar-refractivity contribution in [3.63, 3.8) is 0 Å². The van der Waals surface area contributed by atoms with Gasteiger partial charge in [0.25, 0.3) is 20.2 Å². The largest absolute Gasteiger partial charge is 0.469 e. The van der Waals surface area contributed by atoms with Crippen LogP contribution in [0.25, 0.3) is 0 Å². The highest BCUT2D eigenvalue weighted by atomic mass is 32.2. The van der Waals surface area contributed by atoms with Crippen molar-refractivity contribution in [2.45, 2.75) is 121 Å². The summed E-state index contributed by atoms with van der Waals surface area (Å²) in [6.45, 7) is 10.8. The van der Waals surface area contributed by atoms with Crippen molar-refractivity contribution in [2.24, 2.45) is 46.3 Å². The van der Waals surface area contributed by atoms with Gasteiger partial charge in [-0.1, -0.05) is 56.2 Å². The lowest BCUT2D eigenvalue weighted by Crippen LogP contribution is -2.59. The molecule has 4 aliphatic rings. The minimum Gasteiger partial charge on any atom is -0.469 e.